The Labute approximate surface area is 104 Å². The summed E-state index contributed by atoms with van der Waals surface area (Å²) >= 11 is 0. The molecular weight excluding hydrogens is 234 g/mol. The van der Waals surface area contributed by atoms with E-state index in [2.05, 4.69) is 20.1 Å². The van der Waals surface area contributed by atoms with Gasteiger partial charge in [-0.05, 0) is 19.4 Å². The van der Waals surface area contributed by atoms with E-state index in [0.717, 1.165) is 5.56 Å². The average Bonchev–Trinajstić information content (AvgIpc) is 2.78. The van der Waals surface area contributed by atoms with Gasteiger partial charge in [0.1, 0.15) is 0 Å². The van der Waals surface area contributed by atoms with Gasteiger partial charge in [-0.15, -0.1) is 0 Å². The molecule has 0 amide bonds. The summed E-state index contributed by atoms with van der Waals surface area (Å²) in [6.07, 6.45) is 3.55. The van der Waals surface area contributed by atoms with Crippen LogP contribution in [0.5, 0.6) is 0 Å². The Bertz CT molecular complexity index is 520. The fourth-order valence-electron chi connectivity index (χ4n) is 1.32. The molecule has 2 aromatic rings. The minimum absolute atomic E-state index is 0.117. The van der Waals surface area contributed by atoms with E-state index in [9.17, 15) is 5.11 Å². The minimum Gasteiger partial charge on any atom is -0.388 e. The van der Waals surface area contributed by atoms with Crippen LogP contribution in [-0.4, -0.2) is 37.4 Å². The Morgan fingerprint density at radius 1 is 1.33 bits per heavy atom. The molecule has 0 aliphatic carbocycles. The Balaban J connectivity index is 2.18. The first kappa shape index (κ1) is 12.6. The summed E-state index contributed by atoms with van der Waals surface area (Å²) in [6.45, 7) is 3.62. The number of aliphatic hydroxyl groups is 1. The molecule has 2 aromatic heterocycles. The third kappa shape index (κ3) is 2.88. The van der Waals surface area contributed by atoms with Gasteiger partial charge in [0.2, 0.25) is 17.5 Å². The Kier molecular flexibility index (Phi) is 3.35. The lowest BCUT2D eigenvalue weighted by Crippen LogP contribution is -2.36. The molecule has 0 spiro atoms. The lowest BCUT2D eigenvalue weighted by molar-refractivity contribution is 0.0610. The van der Waals surface area contributed by atoms with Gasteiger partial charge in [0.15, 0.2) is 0 Å². The van der Waals surface area contributed by atoms with E-state index in [0.29, 0.717) is 17.5 Å². The molecule has 0 aliphatic heterocycles. The first-order valence-electron chi connectivity index (χ1n) is 5.54. The highest BCUT2D eigenvalue weighted by atomic mass is 16.5. The summed E-state index contributed by atoms with van der Waals surface area (Å²) in [5.41, 5.74) is 5.32. The number of hydrogen-bond acceptors (Lipinski definition) is 7. The smallest absolute Gasteiger partial charge is 0.240 e. The Hall–Kier alpha value is -1.86. The van der Waals surface area contributed by atoms with Crippen molar-refractivity contribution in [1.82, 2.24) is 20.1 Å². The van der Waals surface area contributed by atoms with Gasteiger partial charge in [0.25, 0.3) is 0 Å². The molecule has 0 saturated heterocycles. The second-order valence-electron chi connectivity index (χ2n) is 4.47. The number of nitrogens with zero attached hydrogens (tertiary/aromatic N) is 4. The molecule has 18 heavy (non-hydrogen) atoms. The van der Waals surface area contributed by atoms with E-state index in [4.69, 9.17) is 10.3 Å². The molecule has 0 bridgehead atoms. The fourth-order valence-corrected chi connectivity index (χ4v) is 1.32. The van der Waals surface area contributed by atoms with Crippen molar-refractivity contribution in [2.24, 2.45) is 5.73 Å². The topological polar surface area (TPSA) is 111 Å². The molecule has 2 heterocycles. The summed E-state index contributed by atoms with van der Waals surface area (Å²) in [5.74, 6) is 1.01. The van der Waals surface area contributed by atoms with Crippen molar-refractivity contribution >= 4 is 0 Å². The third-order valence-electron chi connectivity index (χ3n) is 2.42. The molecule has 0 aliphatic rings. The van der Waals surface area contributed by atoms with Crippen LogP contribution in [0.25, 0.3) is 11.6 Å². The summed E-state index contributed by atoms with van der Waals surface area (Å²) in [7, 11) is 0. The lowest BCUT2D eigenvalue weighted by atomic mass is 10.0. The molecule has 96 valence electrons. The molecule has 0 aromatic carbocycles. The van der Waals surface area contributed by atoms with Gasteiger partial charge >= 0.3 is 0 Å². The second-order valence-corrected chi connectivity index (χ2v) is 4.47. The predicted molar refractivity (Wildman–Crippen MR) is 63.4 cm³/mol. The van der Waals surface area contributed by atoms with Crippen molar-refractivity contribution in [1.29, 1.82) is 0 Å². The first-order valence-corrected chi connectivity index (χ1v) is 5.54. The molecule has 7 heteroatoms. The van der Waals surface area contributed by atoms with Crippen LogP contribution in [0, 0.1) is 6.92 Å². The maximum atomic E-state index is 9.81. The van der Waals surface area contributed by atoms with Crippen molar-refractivity contribution in [3.63, 3.8) is 0 Å². The van der Waals surface area contributed by atoms with Gasteiger partial charge in [-0.25, -0.2) is 9.97 Å². The molecule has 0 saturated carbocycles. The predicted octanol–water partition coefficient (Wildman–Crippen LogP) is 0.0872. The first-order chi connectivity index (χ1) is 8.50. The second kappa shape index (κ2) is 4.79. The van der Waals surface area contributed by atoms with Crippen LogP contribution in [0.1, 0.15) is 18.4 Å². The van der Waals surface area contributed by atoms with Gasteiger partial charge in [-0.1, -0.05) is 5.16 Å². The zero-order valence-electron chi connectivity index (χ0n) is 10.3. The molecule has 3 N–H and O–H groups in total. The summed E-state index contributed by atoms with van der Waals surface area (Å²) in [5, 5.41) is 13.6. The number of hydrogen-bond donors (Lipinski definition) is 2. The summed E-state index contributed by atoms with van der Waals surface area (Å²) in [4.78, 5) is 12.3. The van der Waals surface area contributed by atoms with E-state index in [1.165, 1.54) is 0 Å². The number of aromatic nitrogens is 4. The highest BCUT2D eigenvalue weighted by molar-refractivity contribution is 5.40. The standard InChI is InChI=1S/C11H15N5O2/c1-7-4-13-9(14-5-7)10-15-8(18-16-10)3-11(2,17)6-12/h4-5,17H,3,6,12H2,1-2H3. The van der Waals surface area contributed by atoms with Crippen molar-refractivity contribution < 1.29 is 9.63 Å². The third-order valence-corrected chi connectivity index (χ3v) is 2.42. The van der Waals surface area contributed by atoms with Gasteiger partial charge in [-0.2, -0.15) is 4.98 Å². The van der Waals surface area contributed by atoms with Gasteiger partial charge in [0, 0.05) is 18.9 Å². The summed E-state index contributed by atoms with van der Waals surface area (Å²) < 4.78 is 5.03. The number of rotatable bonds is 4. The van der Waals surface area contributed by atoms with E-state index in [-0.39, 0.29) is 13.0 Å². The number of aryl methyl sites for hydroxylation is 1. The van der Waals surface area contributed by atoms with Gasteiger partial charge in [-0.3, -0.25) is 0 Å². The molecule has 1 atom stereocenters. The van der Waals surface area contributed by atoms with Crippen LogP contribution >= 0.6 is 0 Å². The molecule has 7 nitrogen and oxygen atoms in total. The van der Waals surface area contributed by atoms with Crippen molar-refractivity contribution in [2.75, 3.05) is 6.54 Å². The Morgan fingerprint density at radius 2 is 2.00 bits per heavy atom. The van der Waals surface area contributed by atoms with Crippen LogP contribution in [0.4, 0.5) is 0 Å². The van der Waals surface area contributed by atoms with Crippen LogP contribution in [-0.2, 0) is 6.42 Å². The normalized spacial score (nSPS) is 14.4. The maximum Gasteiger partial charge on any atom is 0.240 e. The molecular formula is C11H15N5O2. The quantitative estimate of drug-likeness (QED) is 0.789. The number of nitrogens with two attached hydrogens (primary N) is 1. The van der Waals surface area contributed by atoms with Crippen LogP contribution in [0.3, 0.4) is 0 Å². The van der Waals surface area contributed by atoms with Crippen molar-refractivity contribution in [3.05, 3.63) is 23.8 Å². The average molecular weight is 249 g/mol. The minimum atomic E-state index is -1.06. The van der Waals surface area contributed by atoms with Crippen molar-refractivity contribution in [2.45, 2.75) is 25.9 Å². The van der Waals surface area contributed by atoms with E-state index in [1.807, 2.05) is 6.92 Å². The van der Waals surface area contributed by atoms with Crippen molar-refractivity contribution in [3.8, 4) is 11.6 Å². The maximum absolute atomic E-state index is 9.81. The lowest BCUT2D eigenvalue weighted by Gasteiger charge is -2.17. The highest BCUT2D eigenvalue weighted by Gasteiger charge is 2.23. The van der Waals surface area contributed by atoms with Crippen LogP contribution < -0.4 is 5.73 Å². The van der Waals surface area contributed by atoms with Gasteiger partial charge in [0.05, 0.1) is 12.0 Å². The molecule has 1 unspecified atom stereocenters. The van der Waals surface area contributed by atoms with E-state index < -0.39 is 5.60 Å². The molecule has 0 fully saturated rings. The van der Waals surface area contributed by atoms with E-state index in [1.54, 1.807) is 19.3 Å². The largest absolute Gasteiger partial charge is 0.388 e. The van der Waals surface area contributed by atoms with Crippen LogP contribution in [0.2, 0.25) is 0 Å². The fraction of sp³-hybridized carbons (Fsp3) is 0.455. The zero-order chi connectivity index (χ0) is 13.2. The van der Waals surface area contributed by atoms with Gasteiger partial charge < -0.3 is 15.4 Å². The molecule has 0 radical (unpaired) electrons. The summed E-state index contributed by atoms with van der Waals surface area (Å²) in [6, 6.07) is 0. The molecule has 2 rings (SSSR count). The zero-order valence-corrected chi connectivity index (χ0v) is 10.3. The SMILES string of the molecule is Cc1cnc(-c2noc(CC(C)(O)CN)n2)nc1. The van der Waals surface area contributed by atoms with E-state index >= 15 is 0 Å². The highest BCUT2D eigenvalue weighted by Crippen LogP contribution is 2.14. The Morgan fingerprint density at radius 3 is 2.61 bits per heavy atom. The monoisotopic (exact) mass is 249 g/mol. The van der Waals surface area contributed by atoms with Crippen LogP contribution in [0.15, 0.2) is 16.9 Å².